The van der Waals surface area contributed by atoms with E-state index in [9.17, 15) is 0 Å². The first-order valence-corrected chi connectivity index (χ1v) is 14.2. The van der Waals surface area contributed by atoms with Gasteiger partial charge in [0.25, 0.3) is 0 Å². The third kappa shape index (κ3) is 6.04. The summed E-state index contributed by atoms with van der Waals surface area (Å²) in [4.78, 5) is 4.89. The van der Waals surface area contributed by atoms with Crippen molar-refractivity contribution in [2.24, 2.45) is 16.8 Å². The summed E-state index contributed by atoms with van der Waals surface area (Å²) in [7, 11) is -1.39. The lowest BCUT2D eigenvalue weighted by Crippen LogP contribution is -2.29. The lowest BCUT2D eigenvalue weighted by atomic mass is 9.71. The number of hydrogen-bond donors (Lipinski definition) is 0. The third-order valence-electron chi connectivity index (χ3n) is 5.30. The Bertz CT molecular complexity index is 650. The van der Waals surface area contributed by atoms with Gasteiger partial charge in [0.1, 0.15) is 13.1 Å². The van der Waals surface area contributed by atoms with Crippen molar-refractivity contribution in [3.05, 3.63) is 30.3 Å². The molecule has 134 valence electrons. The van der Waals surface area contributed by atoms with Gasteiger partial charge in [-0.05, 0) is 49.2 Å². The standard InChI is InChI=1S/C22H31NSSi/c1-25(2,3)16-15-22(23-20-11-5-4-6-12-20)24-21-14-13-18-9-7-8-10-19(18)17-21/h4-6,11-12,18-19,21H,7-10,13-14,17H2,1-3H3. The lowest BCUT2D eigenvalue weighted by molar-refractivity contribution is 0.175. The van der Waals surface area contributed by atoms with Crippen LogP contribution in [0.4, 0.5) is 5.69 Å². The summed E-state index contributed by atoms with van der Waals surface area (Å²) in [5, 5.41) is 1.74. The van der Waals surface area contributed by atoms with Crippen LogP contribution in [0, 0.1) is 23.3 Å². The Hall–Kier alpha value is -0.983. The molecule has 3 unspecified atom stereocenters. The topological polar surface area (TPSA) is 12.4 Å². The van der Waals surface area contributed by atoms with Crippen LogP contribution >= 0.6 is 11.8 Å². The molecule has 3 heteroatoms. The van der Waals surface area contributed by atoms with E-state index in [2.05, 4.69) is 55.4 Å². The molecule has 3 atom stereocenters. The fourth-order valence-corrected chi connectivity index (χ4v) is 5.80. The summed E-state index contributed by atoms with van der Waals surface area (Å²) in [6.45, 7) is 6.91. The predicted octanol–water partition coefficient (Wildman–Crippen LogP) is 6.69. The summed E-state index contributed by atoms with van der Waals surface area (Å²) in [6, 6.07) is 10.3. The highest BCUT2D eigenvalue weighted by molar-refractivity contribution is 8.15. The molecule has 0 aliphatic heterocycles. The van der Waals surface area contributed by atoms with Crippen molar-refractivity contribution in [1.82, 2.24) is 0 Å². The van der Waals surface area contributed by atoms with Crippen LogP contribution in [-0.2, 0) is 0 Å². The van der Waals surface area contributed by atoms with Gasteiger partial charge in [0.15, 0.2) is 0 Å². The Kier molecular flexibility index (Phi) is 6.47. The van der Waals surface area contributed by atoms with Crippen LogP contribution in [0.15, 0.2) is 35.3 Å². The molecule has 2 saturated carbocycles. The number of thioether (sulfide) groups is 1. The Morgan fingerprint density at radius 3 is 2.44 bits per heavy atom. The quantitative estimate of drug-likeness (QED) is 0.245. The average molecular weight is 370 g/mol. The SMILES string of the molecule is C[Si](C)(C)C#CC(=Nc1ccccc1)SC1CCC2CCCCC2C1. The summed E-state index contributed by atoms with van der Waals surface area (Å²) >= 11 is 1.96. The summed E-state index contributed by atoms with van der Waals surface area (Å²) in [5.41, 5.74) is 4.55. The van der Waals surface area contributed by atoms with Gasteiger partial charge >= 0.3 is 0 Å². The van der Waals surface area contributed by atoms with E-state index >= 15 is 0 Å². The molecule has 0 spiro atoms. The van der Waals surface area contributed by atoms with Gasteiger partial charge in [0.2, 0.25) is 0 Å². The third-order valence-corrected chi connectivity index (χ3v) is 7.35. The molecule has 0 heterocycles. The summed E-state index contributed by atoms with van der Waals surface area (Å²) < 4.78 is 0. The van der Waals surface area contributed by atoms with Crippen LogP contribution in [0.25, 0.3) is 0 Å². The van der Waals surface area contributed by atoms with Gasteiger partial charge in [-0.1, -0.05) is 75.3 Å². The van der Waals surface area contributed by atoms with Crippen LogP contribution in [0.5, 0.6) is 0 Å². The minimum Gasteiger partial charge on any atom is -0.233 e. The molecule has 0 amide bonds. The van der Waals surface area contributed by atoms with Crippen molar-refractivity contribution in [2.75, 3.05) is 0 Å². The van der Waals surface area contributed by atoms with E-state index in [4.69, 9.17) is 4.99 Å². The maximum Gasteiger partial charge on any atom is 0.146 e. The second-order valence-corrected chi connectivity index (χ2v) is 14.6. The zero-order valence-corrected chi connectivity index (χ0v) is 17.7. The summed E-state index contributed by atoms with van der Waals surface area (Å²) in [6.07, 6.45) is 9.96. The van der Waals surface area contributed by atoms with Crippen LogP contribution in [0.1, 0.15) is 44.9 Å². The van der Waals surface area contributed by atoms with Crippen molar-refractivity contribution in [2.45, 2.75) is 69.8 Å². The fourth-order valence-electron chi connectivity index (χ4n) is 4.04. The van der Waals surface area contributed by atoms with Crippen molar-refractivity contribution >= 4 is 30.6 Å². The van der Waals surface area contributed by atoms with E-state index in [-0.39, 0.29) is 0 Å². The van der Waals surface area contributed by atoms with Crippen molar-refractivity contribution in [3.63, 3.8) is 0 Å². The first kappa shape index (κ1) is 18.8. The normalized spacial score (nSPS) is 27.2. The number of hydrogen-bond acceptors (Lipinski definition) is 2. The zero-order valence-electron chi connectivity index (χ0n) is 15.9. The molecule has 0 N–H and O–H groups in total. The second kappa shape index (κ2) is 8.60. The van der Waals surface area contributed by atoms with Crippen LogP contribution < -0.4 is 0 Å². The molecule has 1 aromatic rings. The first-order valence-electron chi connectivity index (χ1n) is 9.83. The molecule has 2 aliphatic carbocycles. The monoisotopic (exact) mass is 369 g/mol. The summed E-state index contributed by atoms with van der Waals surface area (Å²) in [5.74, 6) is 5.42. The highest BCUT2D eigenvalue weighted by atomic mass is 32.2. The molecule has 1 aromatic carbocycles. The van der Waals surface area contributed by atoms with E-state index in [1.165, 1.54) is 44.9 Å². The van der Waals surface area contributed by atoms with Gasteiger partial charge in [-0.2, -0.15) is 0 Å². The number of aliphatic imine (C=N–C) groups is 1. The molecule has 2 fully saturated rings. The number of para-hydroxylation sites is 1. The maximum absolute atomic E-state index is 4.89. The Morgan fingerprint density at radius 2 is 1.72 bits per heavy atom. The Morgan fingerprint density at radius 1 is 1.00 bits per heavy atom. The van der Waals surface area contributed by atoms with Crippen LogP contribution in [-0.4, -0.2) is 18.4 Å². The van der Waals surface area contributed by atoms with Crippen molar-refractivity contribution in [1.29, 1.82) is 0 Å². The number of nitrogens with zero attached hydrogens (tertiary/aromatic N) is 1. The van der Waals surface area contributed by atoms with Gasteiger partial charge in [-0.15, -0.1) is 5.54 Å². The molecule has 0 aromatic heterocycles. The zero-order chi connectivity index (χ0) is 17.7. The fraction of sp³-hybridized carbons (Fsp3) is 0.591. The predicted molar refractivity (Wildman–Crippen MR) is 115 cm³/mol. The van der Waals surface area contributed by atoms with Gasteiger partial charge < -0.3 is 0 Å². The molecule has 0 radical (unpaired) electrons. The molecule has 0 bridgehead atoms. The van der Waals surface area contributed by atoms with E-state index in [0.717, 1.165) is 22.6 Å². The molecular formula is C22H31NSSi. The number of benzene rings is 1. The molecular weight excluding hydrogens is 338 g/mol. The number of rotatable bonds is 2. The molecule has 25 heavy (non-hydrogen) atoms. The van der Waals surface area contributed by atoms with Gasteiger partial charge in [0.05, 0.1) is 5.69 Å². The molecule has 3 rings (SSSR count). The largest absolute Gasteiger partial charge is 0.233 e. The van der Waals surface area contributed by atoms with Crippen LogP contribution in [0.3, 0.4) is 0 Å². The van der Waals surface area contributed by atoms with Gasteiger partial charge in [0, 0.05) is 5.25 Å². The molecule has 0 saturated heterocycles. The maximum atomic E-state index is 4.89. The van der Waals surface area contributed by atoms with E-state index in [0.29, 0.717) is 5.25 Å². The van der Waals surface area contributed by atoms with E-state index < -0.39 is 8.07 Å². The number of fused-ring (bicyclic) bond motifs is 1. The first-order chi connectivity index (χ1) is 12.0. The van der Waals surface area contributed by atoms with Gasteiger partial charge in [-0.3, -0.25) is 0 Å². The van der Waals surface area contributed by atoms with Crippen molar-refractivity contribution < 1.29 is 0 Å². The average Bonchev–Trinajstić information content (AvgIpc) is 2.60. The highest BCUT2D eigenvalue weighted by Gasteiger charge is 2.32. The Balaban J connectivity index is 1.73. The Labute approximate surface area is 159 Å². The lowest BCUT2D eigenvalue weighted by Gasteiger charge is -2.38. The molecule has 1 nitrogen and oxygen atoms in total. The highest BCUT2D eigenvalue weighted by Crippen LogP contribution is 2.44. The smallest absolute Gasteiger partial charge is 0.146 e. The van der Waals surface area contributed by atoms with E-state index in [1.54, 1.807) is 0 Å². The molecule has 2 aliphatic rings. The van der Waals surface area contributed by atoms with E-state index in [1.807, 2.05) is 17.8 Å². The van der Waals surface area contributed by atoms with Crippen LogP contribution in [0.2, 0.25) is 19.6 Å². The minimum absolute atomic E-state index is 0.706. The minimum atomic E-state index is -1.39. The second-order valence-electron chi connectivity index (χ2n) is 8.61. The van der Waals surface area contributed by atoms with Gasteiger partial charge in [-0.25, -0.2) is 4.99 Å². The van der Waals surface area contributed by atoms with Crippen molar-refractivity contribution in [3.8, 4) is 11.5 Å².